The van der Waals surface area contributed by atoms with Crippen LogP contribution in [0.1, 0.15) is 22.3 Å². The molecule has 1 aliphatic rings. The van der Waals surface area contributed by atoms with E-state index in [1.54, 1.807) is 0 Å². The Morgan fingerprint density at radius 2 is 0.939 bits per heavy atom. The number of fused-ring (bicyclic) bond motifs is 3. The van der Waals surface area contributed by atoms with Gasteiger partial charge < -0.3 is 0 Å². The summed E-state index contributed by atoms with van der Waals surface area (Å²) in [5.41, 5.74) is 7.61. The highest BCUT2D eigenvalue weighted by Crippen LogP contribution is 2.56. The van der Waals surface area contributed by atoms with Crippen molar-refractivity contribution in [2.24, 2.45) is 0 Å². The van der Waals surface area contributed by atoms with Crippen LogP contribution in [0.2, 0.25) is 0 Å². The van der Waals surface area contributed by atoms with E-state index in [1.165, 1.54) is 43.2 Å². The topological polar surface area (TPSA) is 0 Å². The van der Waals surface area contributed by atoms with E-state index in [9.17, 15) is 0 Å². The fourth-order valence-corrected chi connectivity index (χ4v) is 6.21. The minimum absolute atomic E-state index is 0.337. The molecule has 0 heterocycles. The summed E-state index contributed by atoms with van der Waals surface area (Å²) >= 11 is 3.64. The van der Waals surface area contributed by atoms with E-state index in [4.69, 9.17) is 0 Å². The zero-order valence-corrected chi connectivity index (χ0v) is 20.2. The van der Waals surface area contributed by atoms with Crippen LogP contribution in [0.5, 0.6) is 0 Å². The number of hydrogen-bond acceptors (Lipinski definition) is 2. The van der Waals surface area contributed by atoms with E-state index in [0.29, 0.717) is 0 Å². The highest BCUT2D eigenvalue weighted by Gasteiger charge is 2.45. The van der Waals surface area contributed by atoms with Crippen molar-refractivity contribution < 1.29 is 0 Å². The van der Waals surface area contributed by atoms with Crippen molar-refractivity contribution in [1.29, 1.82) is 0 Å². The fourth-order valence-electron chi connectivity index (χ4n) is 4.94. The van der Waals surface area contributed by atoms with Gasteiger partial charge in [-0.3, -0.25) is 0 Å². The van der Waals surface area contributed by atoms with Crippen LogP contribution >= 0.6 is 23.5 Å². The van der Waals surface area contributed by atoms with E-state index in [0.717, 1.165) is 11.5 Å². The highest BCUT2D eigenvalue weighted by atomic mass is 32.2. The molecule has 0 radical (unpaired) electrons. The standard InChI is InChI=1S/C31H26S2/c1-3-21-32-25-17-13-23(14-18-25)31(24-15-19-26(20-16-24)33-22-4-2)29-11-7-5-9-27(29)28-10-6-8-12-30(28)31/h3-20H,1-2,21-22H2. The first-order valence-electron chi connectivity index (χ1n) is 11.2. The summed E-state index contributed by atoms with van der Waals surface area (Å²) in [6, 6.07) is 36.0. The van der Waals surface area contributed by atoms with Gasteiger partial charge in [0.1, 0.15) is 0 Å². The van der Waals surface area contributed by atoms with Crippen LogP contribution in [0, 0.1) is 0 Å². The number of thioether (sulfide) groups is 2. The maximum atomic E-state index is 3.85. The lowest BCUT2D eigenvalue weighted by Crippen LogP contribution is -2.28. The Morgan fingerprint density at radius 3 is 1.33 bits per heavy atom. The summed E-state index contributed by atoms with van der Waals surface area (Å²) in [7, 11) is 0. The van der Waals surface area contributed by atoms with Gasteiger partial charge in [0.15, 0.2) is 0 Å². The van der Waals surface area contributed by atoms with Gasteiger partial charge in [-0.15, -0.1) is 36.7 Å². The third-order valence-corrected chi connectivity index (χ3v) is 8.28. The molecule has 0 atom stereocenters. The monoisotopic (exact) mass is 462 g/mol. The van der Waals surface area contributed by atoms with Crippen molar-refractivity contribution in [3.8, 4) is 11.1 Å². The Bertz CT molecular complexity index is 1180. The average molecular weight is 463 g/mol. The van der Waals surface area contributed by atoms with Crippen molar-refractivity contribution in [3.05, 3.63) is 145 Å². The maximum absolute atomic E-state index is 3.85. The zero-order valence-electron chi connectivity index (χ0n) is 18.5. The van der Waals surface area contributed by atoms with E-state index < -0.39 is 0 Å². The summed E-state index contributed by atoms with van der Waals surface area (Å²) in [5.74, 6) is 1.83. The van der Waals surface area contributed by atoms with Gasteiger partial charge in [0.2, 0.25) is 0 Å². The van der Waals surface area contributed by atoms with Gasteiger partial charge in [0.05, 0.1) is 5.41 Å². The molecular weight excluding hydrogens is 436 g/mol. The van der Waals surface area contributed by atoms with Gasteiger partial charge in [-0.2, -0.15) is 0 Å². The lowest BCUT2D eigenvalue weighted by Gasteiger charge is -2.34. The van der Waals surface area contributed by atoms with Gasteiger partial charge >= 0.3 is 0 Å². The van der Waals surface area contributed by atoms with Gasteiger partial charge in [-0.25, -0.2) is 0 Å². The van der Waals surface area contributed by atoms with Gasteiger partial charge in [-0.1, -0.05) is 84.9 Å². The van der Waals surface area contributed by atoms with E-state index in [2.05, 4.69) is 110 Å². The molecule has 0 fully saturated rings. The molecule has 33 heavy (non-hydrogen) atoms. The second-order valence-corrected chi connectivity index (χ2v) is 10.3. The summed E-state index contributed by atoms with van der Waals surface area (Å²) in [6.07, 6.45) is 3.91. The SMILES string of the molecule is C=CCSc1ccc(C2(c3ccc(SCC=C)cc3)c3ccccc3-c3ccccc32)cc1. The first-order valence-corrected chi connectivity index (χ1v) is 13.1. The largest absolute Gasteiger partial charge is 0.122 e. The number of rotatable bonds is 8. The Kier molecular flexibility index (Phi) is 6.30. The quantitative estimate of drug-likeness (QED) is 0.167. The molecule has 0 aromatic heterocycles. The van der Waals surface area contributed by atoms with Crippen LogP contribution < -0.4 is 0 Å². The molecule has 162 valence electrons. The molecule has 4 aromatic carbocycles. The molecule has 0 amide bonds. The van der Waals surface area contributed by atoms with Crippen LogP contribution in [0.4, 0.5) is 0 Å². The summed E-state index contributed by atoms with van der Waals surface area (Å²) < 4.78 is 0. The van der Waals surface area contributed by atoms with Gasteiger partial charge in [-0.05, 0) is 57.6 Å². The molecule has 0 N–H and O–H groups in total. The second kappa shape index (κ2) is 9.51. The van der Waals surface area contributed by atoms with E-state index in [-0.39, 0.29) is 5.41 Å². The maximum Gasteiger partial charge on any atom is 0.0713 e. The Morgan fingerprint density at radius 1 is 0.545 bits per heavy atom. The van der Waals surface area contributed by atoms with Crippen LogP contribution in [-0.4, -0.2) is 11.5 Å². The zero-order chi connectivity index (χ0) is 22.7. The smallest absolute Gasteiger partial charge is 0.0713 e. The lowest BCUT2D eigenvalue weighted by atomic mass is 9.68. The van der Waals surface area contributed by atoms with Gasteiger partial charge in [0, 0.05) is 21.3 Å². The minimum atomic E-state index is -0.337. The van der Waals surface area contributed by atoms with Crippen molar-refractivity contribution in [1.82, 2.24) is 0 Å². The molecule has 1 aliphatic carbocycles. The summed E-state index contributed by atoms with van der Waals surface area (Å²) in [6.45, 7) is 7.71. The molecule has 5 rings (SSSR count). The van der Waals surface area contributed by atoms with Crippen LogP contribution in [0.15, 0.2) is 132 Å². The highest BCUT2D eigenvalue weighted by molar-refractivity contribution is 7.99. The summed E-state index contributed by atoms with van der Waals surface area (Å²) in [5, 5.41) is 0. The van der Waals surface area contributed by atoms with E-state index >= 15 is 0 Å². The van der Waals surface area contributed by atoms with Crippen LogP contribution in [-0.2, 0) is 5.41 Å². The Balaban J connectivity index is 1.74. The molecule has 0 spiro atoms. The molecule has 0 bridgehead atoms. The predicted octanol–water partition coefficient (Wildman–Crippen LogP) is 8.61. The first-order chi connectivity index (χ1) is 16.3. The van der Waals surface area contributed by atoms with Crippen molar-refractivity contribution >= 4 is 23.5 Å². The Hall–Kier alpha value is -2.94. The Labute approximate surface area is 205 Å². The molecular formula is C31H26S2. The normalized spacial score (nSPS) is 13.2. The lowest BCUT2D eigenvalue weighted by molar-refractivity contribution is 0.766. The number of hydrogen-bond donors (Lipinski definition) is 0. The van der Waals surface area contributed by atoms with Crippen LogP contribution in [0.3, 0.4) is 0 Å². The molecule has 2 heteroatoms. The second-order valence-electron chi connectivity index (χ2n) is 8.09. The molecule has 4 aromatic rings. The molecule has 0 saturated carbocycles. The van der Waals surface area contributed by atoms with Crippen molar-refractivity contribution in [2.45, 2.75) is 15.2 Å². The molecule has 0 saturated heterocycles. The van der Waals surface area contributed by atoms with Gasteiger partial charge in [0.25, 0.3) is 0 Å². The van der Waals surface area contributed by atoms with Crippen molar-refractivity contribution in [3.63, 3.8) is 0 Å². The summed E-state index contributed by atoms with van der Waals surface area (Å²) in [4.78, 5) is 2.54. The third-order valence-electron chi connectivity index (χ3n) is 6.26. The molecule has 0 nitrogen and oxygen atoms in total. The predicted molar refractivity (Wildman–Crippen MR) is 146 cm³/mol. The minimum Gasteiger partial charge on any atom is -0.122 e. The number of benzene rings is 4. The fraction of sp³-hybridized carbons (Fsp3) is 0.0968. The third kappa shape index (κ3) is 3.78. The van der Waals surface area contributed by atoms with Crippen LogP contribution in [0.25, 0.3) is 11.1 Å². The molecule has 0 unspecified atom stereocenters. The molecule has 0 aliphatic heterocycles. The van der Waals surface area contributed by atoms with Crippen molar-refractivity contribution in [2.75, 3.05) is 11.5 Å². The average Bonchev–Trinajstić information content (AvgIpc) is 3.18. The first kappa shape index (κ1) is 21.9. The van der Waals surface area contributed by atoms with E-state index in [1.807, 2.05) is 35.7 Å².